The smallest absolute Gasteiger partial charge is 0.245 e. The van der Waals surface area contributed by atoms with E-state index in [1.165, 1.54) is 6.92 Å². The van der Waals surface area contributed by atoms with Crippen LogP contribution in [0.15, 0.2) is 18.2 Å². The van der Waals surface area contributed by atoms with Crippen molar-refractivity contribution < 1.29 is 19.1 Å². The van der Waals surface area contributed by atoms with Crippen molar-refractivity contribution in [2.75, 3.05) is 21.3 Å². The highest BCUT2D eigenvalue weighted by atomic mass is 16.5. The van der Waals surface area contributed by atoms with Crippen LogP contribution < -0.4 is 14.8 Å². The zero-order valence-electron chi connectivity index (χ0n) is 15.4. The minimum absolute atomic E-state index is 0.0519. The number of nitrogens with zero attached hydrogens (tertiary/aromatic N) is 1. The predicted molar refractivity (Wildman–Crippen MR) is 93.1 cm³/mol. The average Bonchev–Trinajstić information content (AvgIpc) is 2.57. The molecule has 0 aliphatic carbocycles. The van der Waals surface area contributed by atoms with Crippen LogP contribution in [0, 0.1) is 5.92 Å². The van der Waals surface area contributed by atoms with Crippen LogP contribution in [0.5, 0.6) is 11.5 Å². The van der Waals surface area contributed by atoms with E-state index in [0.29, 0.717) is 18.0 Å². The monoisotopic (exact) mass is 336 g/mol. The molecular formula is C18H28N2O4. The number of carbonyl (C=O) groups excluding carboxylic acids is 2. The predicted octanol–water partition coefficient (Wildman–Crippen LogP) is 2.21. The third-order valence-corrected chi connectivity index (χ3v) is 4.11. The van der Waals surface area contributed by atoms with Gasteiger partial charge in [-0.1, -0.05) is 32.4 Å². The molecule has 1 rings (SSSR count). The molecule has 0 radical (unpaired) electrons. The van der Waals surface area contributed by atoms with Crippen LogP contribution >= 0.6 is 0 Å². The highest BCUT2D eigenvalue weighted by molar-refractivity contribution is 5.87. The van der Waals surface area contributed by atoms with Crippen LogP contribution in [-0.4, -0.2) is 44.0 Å². The normalized spacial score (nSPS) is 12.9. The van der Waals surface area contributed by atoms with Crippen molar-refractivity contribution >= 4 is 11.8 Å². The van der Waals surface area contributed by atoms with Crippen LogP contribution in [0.2, 0.25) is 0 Å². The van der Waals surface area contributed by atoms with Gasteiger partial charge in [0.25, 0.3) is 0 Å². The fourth-order valence-corrected chi connectivity index (χ4v) is 2.55. The summed E-state index contributed by atoms with van der Waals surface area (Å²) in [6.07, 6.45) is 0.799. The number of rotatable bonds is 8. The van der Waals surface area contributed by atoms with E-state index in [-0.39, 0.29) is 17.7 Å². The lowest BCUT2D eigenvalue weighted by Gasteiger charge is -2.28. The molecule has 0 aromatic heterocycles. The number of nitrogens with one attached hydrogen (secondary N) is 1. The summed E-state index contributed by atoms with van der Waals surface area (Å²) in [5, 5.41) is 2.76. The first-order valence-corrected chi connectivity index (χ1v) is 8.07. The number of para-hydroxylation sites is 1. The summed E-state index contributed by atoms with van der Waals surface area (Å²) in [7, 11) is 4.87. The molecule has 0 saturated heterocycles. The Morgan fingerprint density at radius 1 is 1.25 bits per heavy atom. The number of amides is 2. The summed E-state index contributed by atoms with van der Waals surface area (Å²) in [6, 6.07) is 5.02. The quantitative estimate of drug-likeness (QED) is 0.790. The van der Waals surface area contributed by atoms with Crippen LogP contribution in [0.3, 0.4) is 0 Å². The highest BCUT2D eigenvalue weighted by Gasteiger charge is 2.28. The van der Waals surface area contributed by atoms with Gasteiger partial charge in [-0.3, -0.25) is 9.59 Å². The van der Waals surface area contributed by atoms with Crippen molar-refractivity contribution in [3.05, 3.63) is 23.8 Å². The SMILES string of the molecule is CCC(C)[C@@H](NC(C)=O)C(=O)N(C)Cc1cccc(OC)c1OC. The van der Waals surface area contributed by atoms with E-state index in [2.05, 4.69) is 5.32 Å². The lowest BCUT2D eigenvalue weighted by molar-refractivity contribution is -0.136. The van der Waals surface area contributed by atoms with Gasteiger partial charge < -0.3 is 19.7 Å². The molecule has 0 fully saturated rings. The van der Waals surface area contributed by atoms with Gasteiger partial charge in [0.15, 0.2) is 11.5 Å². The van der Waals surface area contributed by atoms with Crippen molar-refractivity contribution in [3.63, 3.8) is 0 Å². The first-order chi connectivity index (χ1) is 11.3. The van der Waals surface area contributed by atoms with E-state index in [1.807, 2.05) is 32.0 Å². The number of hydrogen-bond acceptors (Lipinski definition) is 4. The molecule has 0 aliphatic rings. The Labute approximate surface area is 144 Å². The Bertz CT molecular complexity index is 574. The third kappa shape index (κ3) is 4.88. The molecule has 1 N–H and O–H groups in total. The zero-order chi connectivity index (χ0) is 18.3. The number of ether oxygens (including phenoxy) is 2. The maximum absolute atomic E-state index is 12.8. The largest absolute Gasteiger partial charge is 0.493 e. The van der Waals surface area contributed by atoms with Gasteiger partial charge in [0.2, 0.25) is 11.8 Å². The van der Waals surface area contributed by atoms with Gasteiger partial charge in [0.05, 0.1) is 14.2 Å². The van der Waals surface area contributed by atoms with Crippen LogP contribution in [0.25, 0.3) is 0 Å². The standard InChI is InChI=1S/C18H28N2O4/c1-7-12(2)16(19-13(3)21)18(22)20(4)11-14-9-8-10-15(23-5)17(14)24-6/h8-10,12,16H,7,11H2,1-6H3,(H,19,21)/t12?,16-/m1/s1. The number of hydrogen-bond donors (Lipinski definition) is 1. The van der Waals surface area contributed by atoms with E-state index in [9.17, 15) is 9.59 Å². The van der Waals surface area contributed by atoms with Gasteiger partial charge in [0, 0.05) is 26.1 Å². The van der Waals surface area contributed by atoms with Crippen LogP contribution in [0.1, 0.15) is 32.8 Å². The lowest BCUT2D eigenvalue weighted by atomic mass is 9.97. The Morgan fingerprint density at radius 2 is 1.92 bits per heavy atom. The lowest BCUT2D eigenvalue weighted by Crippen LogP contribution is -2.49. The molecule has 0 aliphatic heterocycles. The average molecular weight is 336 g/mol. The maximum Gasteiger partial charge on any atom is 0.245 e. The number of carbonyl (C=O) groups is 2. The molecule has 1 unspecified atom stereocenters. The van der Waals surface area contributed by atoms with E-state index in [4.69, 9.17) is 9.47 Å². The molecule has 0 spiro atoms. The van der Waals surface area contributed by atoms with Gasteiger partial charge >= 0.3 is 0 Å². The zero-order valence-corrected chi connectivity index (χ0v) is 15.4. The Morgan fingerprint density at radius 3 is 2.42 bits per heavy atom. The molecule has 1 aromatic rings. The summed E-state index contributed by atoms with van der Waals surface area (Å²) < 4.78 is 10.7. The van der Waals surface area contributed by atoms with Crippen LogP contribution in [-0.2, 0) is 16.1 Å². The summed E-state index contributed by atoms with van der Waals surface area (Å²) >= 11 is 0. The fourth-order valence-electron chi connectivity index (χ4n) is 2.55. The van der Waals surface area contributed by atoms with E-state index in [0.717, 1.165) is 12.0 Å². The van der Waals surface area contributed by atoms with Crippen molar-refractivity contribution in [1.29, 1.82) is 0 Å². The first-order valence-electron chi connectivity index (χ1n) is 8.07. The molecule has 2 amide bonds. The molecule has 6 nitrogen and oxygen atoms in total. The molecule has 24 heavy (non-hydrogen) atoms. The third-order valence-electron chi connectivity index (χ3n) is 4.11. The van der Waals surface area contributed by atoms with Crippen LogP contribution in [0.4, 0.5) is 0 Å². The van der Waals surface area contributed by atoms with Gasteiger partial charge in [-0.2, -0.15) is 0 Å². The number of likely N-dealkylation sites (N-methyl/N-ethyl adjacent to an activating group) is 1. The summed E-state index contributed by atoms with van der Waals surface area (Å²) in [5.41, 5.74) is 0.846. The maximum atomic E-state index is 12.8. The molecule has 0 bridgehead atoms. The van der Waals surface area contributed by atoms with E-state index in [1.54, 1.807) is 26.2 Å². The highest BCUT2D eigenvalue weighted by Crippen LogP contribution is 2.31. The van der Waals surface area contributed by atoms with Gasteiger partial charge in [-0.15, -0.1) is 0 Å². The Balaban J connectivity index is 2.98. The molecular weight excluding hydrogens is 308 g/mol. The topological polar surface area (TPSA) is 67.9 Å². The van der Waals surface area contributed by atoms with Crippen molar-refractivity contribution in [3.8, 4) is 11.5 Å². The van der Waals surface area contributed by atoms with Crippen molar-refractivity contribution in [1.82, 2.24) is 10.2 Å². The molecule has 0 saturated carbocycles. The van der Waals surface area contributed by atoms with Crippen molar-refractivity contribution in [2.45, 2.75) is 39.8 Å². The summed E-state index contributed by atoms with van der Waals surface area (Å²) in [6.45, 7) is 5.75. The van der Waals surface area contributed by atoms with E-state index < -0.39 is 6.04 Å². The second kappa shape index (κ2) is 9.15. The number of benzene rings is 1. The first kappa shape index (κ1) is 19.8. The fraction of sp³-hybridized carbons (Fsp3) is 0.556. The Hall–Kier alpha value is -2.24. The van der Waals surface area contributed by atoms with Crippen molar-refractivity contribution in [2.24, 2.45) is 5.92 Å². The molecule has 0 heterocycles. The van der Waals surface area contributed by atoms with E-state index >= 15 is 0 Å². The second-order valence-corrected chi connectivity index (χ2v) is 5.91. The van der Waals surface area contributed by atoms with Gasteiger partial charge in [-0.05, 0) is 12.0 Å². The van der Waals surface area contributed by atoms with Gasteiger partial charge in [-0.25, -0.2) is 0 Å². The molecule has 134 valence electrons. The summed E-state index contributed by atoms with van der Waals surface area (Å²) in [4.78, 5) is 25.8. The Kier molecular flexibility index (Phi) is 7.55. The minimum atomic E-state index is -0.533. The number of methoxy groups -OCH3 is 2. The molecule has 1 aromatic carbocycles. The summed E-state index contributed by atoms with van der Waals surface area (Å²) in [5.74, 6) is 0.956. The second-order valence-electron chi connectivity index (χ2n) is 5.91. The van der Waals surface area contributed by atoms with Gasteiger partial charge in [0.1, 0.15) is 6.04 Å². The molecule has 2 atom stereocenters. The molecule has 6 heteroatoms. The minimum Gasteiger partial charge on any atom is -0.493 e.